The zero-order valence-electron chi connectivity index (χ0n) is 13.6. The lowest BCUT2D eigenvalue weighted by atomic mass is 10.1. The smallest absolute Gasteiger partial charge is 0.358 e. The fourth-order valence-corrected chi connectivity index (χ4v) is 3.18. The van der Waals surface area contributed by atoms with Crippen LogP contribution in [0.2, 0.25) is 0 Å². The van der Waals surface area contributed by atoms with Crippen molar-refractivity contribution in [3.63, 3.8) is 0 Å². The lowest BCUT2D eigenvalue weighted by Gasteiger charge is -2.15. The molecule has 1 fully saturated rings. The van der Waals surface area contributed by atoms with Crippen LogP contribution in [0.4, 0.5) is 0 Å². The van der Waals surface area contributed by atoms with E-state index < -0.39 is 0 Å². The molecule has 1 aliphatic rings. The van der Waals surface area contributed by atoms with Gasteiger partial charge in [-0.2, -0.15) is 5.10 Å². The topological polar surface area (TPSA) is 53.4 Å². The van der Waals surface area contributed by atoms with Crippen LogP contribution in [0, 0.1) is 0 Å². The molecule has 0 aliphatic heterocycles. The predicted octanol–water partition coefficient (Wildman–Crippen LogP) is 3.85. The monoisotopic (exact) mass is 314 g/mol. The molecule has 0 N–H and O–H groups in total. The van der Waals surface area contributed by atoms with Crippen molar-refractivity contribution >= 4 is 5.97 Å². The standard InChI is InChI=1S/C18H22N2O3/c1-3-23-18(21)15-12-16(14-10-6-7-11-17(14)22-2)20(19-15)13-8-4-5-9-13/h6-7,10-13H,3-5,8-9H2,1-2H3. The van der Waals surface area contributed by atoms with E-state index in [1.165, 1.54) is 12.8 Å². The van der Waals surface area contributed by atoms with Crippen molar-refractivity contribution in [3.8, 4) is 17.0 Å². The molecular weight excluding hydrogens is 292 g/mol. The van der Waals surface area contributed by atoms with E-state index in [0.717, 1.165) is 29.8 Å². The molecule has 0 unspecified atom stereocenters. The number of hydrogen-bond donors (Lipinski definition) is 0. The van der Waals surface area contributed by atoms with E-state index in [0.29, 0.717) is 18.3 Å². The maximum absolute atomic E-state index is 12.1. The van der Waals surface area contributed by atoms with Crippen LogP contribution >= 0.6 is 0 Å². The van der Waals surface area contributed by atoms with Crippen LogP contribution in [0.3, 0.4) is 0 Å². The molecule has 5 nitrogen and oxygen atoms in total. The molecule has 3 rings (SSSR count). The molecule has 122 valence electrons. The molecule has 1 aromatic heterocycles. The van der Waals surface area contributed by atoms with Crippen LogP contribution in [0.5, 0.6) is 5.75 Å². The van der Waals surface area contributed by atoms with Gasteiger partial charge < -0.3 is 9.47 Å². The number of ether oxygens (including phenoxy) is 2. The zero-order chi connectivity index (χ0) is 16.2. The minimum absolute atomic E-state index is 0.332. The highest BCUT2D eigenvalue weighted by atomic mass is 16.5. The molecule has 0 spiro atoms. The van der Waals surface area contributed by atoms with E-state index in [-0.39, 0.29) is 5.97 Å². The van der Waals surface area contributed by atoms with Crippen LogP contribution < -0.4 is 4.74 Å². The summed E-state index contributed by atoms with van der Waals surface area (Å²) < 4.78 is 12.6. The average Bonchev–Trinajstić information content (AvgIpc) is 3.24. The first-order chi connectivity index (χ1) is 11.2. The van der Waals surface area contributed by atoms with Gasteiger partial charge in [0.15, 0.2) is 5.69 Å². The van der Waals surface area contributed by atoms with Crippen molar-refractivity contribution in [1.29, 1.82) is 0 Å². The second-order valence-corrected chi connectivity index (χ2v) is 5.72. The van der Waals surface area contributed by atoms with Gasteiger partial charge in [0.1, 0.15) is 5.75 Å². The maximum atomic E-state index is 12.1. The zero-order valence-corrected chi connectivity index (χ0v) is 13.6. The fourth-order valence-electron chi connectivity index (χ4n) is 3.18. The molecule has 0 saturated heterocycles. The third kappa shape index (κ3) is 3.09. The number of carbonyl (C=O) groups is 1. The van der Waals surface area contributed by atoms with Gasteiger partial charge in [-0.3, -0.25) is 4.68 Å². The van der Waals surface area contributed by atoms with Crippen molar-refractivity contribution in [2.75, 3.05) is 13.7 Å². The third-order valence-electron chi connectivity index (χ3n) is 4.27. The Morgan fingerprint density at radius 2 is 2.04 bits per heavy atom. The Morgan fingerprint density at radius 3 is 2.74 bits per heavy atom. The number of methoxy groups -OCH3 is 1. The minimum Gasteiger partial charge on any atom is -0.496 e. The Hall–Kier alpha value is -2.30. The first kappa shape index (κ1) is 15.6. The van der Waals surface area contributed by atoms with Gasteiger partial charge in [-0.25, -0.2) is 4.79 Å². The molecule has 0 atom stereocenters. The summed E-state index contributed by atoms with van der Waals surface area (Å²) in [5.74, 6) is 0.405. The molecule has 1 aromatic carbocycles. The summed E-state index contributed by atoms with van der Waals surface area (Å²) in [7, 11) is 1.65. The Morgan fingerprint density at radius 1 is 1.30 bits per heavy atom. The van der Waals surface area contributed by atoms with Gasteiger partial charge in [-0.15, -0.1) is 0 Å². The van der Waals surface area contributed by atoms with Crippen molar-refractivity contribution < 1.29 is 14.3 Å². The Balaban J connectivity index is 2.07. The maximum Gasteiger partial charge on any atom is 0.358 e. The van der Waals surface area contributed by atoms with Crippen LogP contribution in [-0.2, 0) is 4.74 Å². The van der Waals surface area contributed by atoms with E-state index in [4.69, 9.17) is 9.47 Å². The highest BCUT2D eigenvalue weighted by Gasteiger charge is 2.25. The van der Waals surface area contributed by atoms with Crippen molar-refractivity contribution in [1.82, 2.24) is 9.78 Å². The summed E-state index contributed by atoms with van der Waals surface area (Å²) in [6.45, 7) is 2.14. The molecule has 1 aliphatic carbocycles. The molecule has 2 aromatic rings. The van der Waals surface area contributed by atoms with Gasteiger partial charge in [0.05, 0.1) is 25.5 Å². The first-order valence-corrected chi connectivity index (χ1v) is 8.14. The van der Waals surface area contributed by atoms with E-state index in [1.54, 1.807) is 14.0 Å². The van der Waals surface area contributed by atoms with E-state index in [1.807, 2.05) is 35.0 Å². The Labute approximate surface area is 136 Å². The summed E-state index contributed by atoms with van der Waals surface area (Å²) in [5, 5.41) is 4.55. The van der Waals surface area contributed by atoms with Crippen molar-refractivity contribution in [2.24, 2.45) is 0 Å². The number of aromatic nitrogens is 2. The molecule has 0 amide bonds. The molecule has 1 saturated carbocycles. The predicted molar refractivity (Wildman–Crippen MR) is 87.7 cm³/mol. The number of rotatable bonds is 5. The van der Waals surface area contributed by atoms with Crippen LogP contribution in [0.15, 0.2) is 30.3 Å². The number of benzene rings is 1. The van der Waals surface area contributed by atoms with E-state index in [2.05, 4.69) is 5.10 Å². The second kappa shape index (κ2) is 6.86. The van der Waals surface area contributed by atoms with Crippen LogP contribution in [-0.4, -0.2) is 29.5 Å². The first-order valence-electron chi connectivity index (χ1n) is 8.14. The SMILES string of the molecule is CCOC(=O)c1cc(-c2ccccc2OC)n(C2CCCC2)n1. The highest BCUT2D eigenvalue weighted by molar-refractivity contribution is 5.89. The summed E-state index contributed by atoms with van der Waals surface area (Å²) in [6, 6.07) is 9.97. The number of carbonyl (C=O) groups excluding carboxylic acids is 1. The number of para-hydroxylation sites is 1. The Bertz CT molecular complexity index is 687. The second-order valence-electron chi connectivity index (χ2n) is 5.72. The van der Waals surface area contributed by atoms with Gasteiger partial charge in [0, 0.05) is 5.56 Å². The minimum atomic E-state index is -0.375. The normalized spacial score (nSPS) is 14.9. The molecule has 5 heteroatoms. The highest BCUT2D eigenvalue weighted by Crippen LogP contribution is 2.36. The lowest BCUT2D eigenvalue weighted by molar-refractivity contribution is 0.0518. The number of nitrogens with zero attached hydrogens (tertiary/aromatic N) is 2. The third-order valence-corrected chi connectivity index (χ3v) is 4.27. The van der Waals surface area contributed by atoms with Gasteiger partial charge in [0.25, 0.3) is 0 Å². The quantitative estimate of drug-likeness (QED) is 0.787. The molecule has 1 heterocycles. The van der Waals surface area contributed by atoms with E-state index >= 15 is 0 Å². The summed E-state index contributed by atoms with van der Waals surface area (Å²) in [5.41, 5.74) is 2.22. The molecule has 0 bridgehead atoms. The van der Waals surface area contributed by atoms with Gasteiger partial charge in [0.2, 0.25) is 0 Å². The summed E-state index contributed by atoms with van der Waals surface area (Å²) in [6.07, 6.45) is 4.58. The molecule has 23 heavy (non-hydrogen) atoms. The van der Waals surface area contributed by atoms with Crippen LogP contribution in [0.25, 0.3) is 11.3 Å². The lowest BCUT2D eigenvalue weighted by Crippen LogP contribution is -2.11. The number of hydrogen-bond acceptors (Lipinski definition) is 4. The van der Waals surface area contributed by atoms with Gasteiger partial charge in [-0.1, -0.05) is 25.0 Å². The van der Waals surface area contributed by atoms with E-state index in [9.17, 15) is 4.79 Å². The summed E-state index contributed by atoms with van der Waals surface area (Å²) >= 11 is 0. The largest absolute Gasteiger partial charge is 0.496 e. The van der Waals surface area contributed by atoms with Gasteiger partial charge >= 0.3 is 5.97 Å². The van der Waals surface area contributed by atoms with Gasteiger partial charge in [-0.05, 0) is 38.0 Å². The molecule has 0 radical (unpaired) electrons. The van der Waals surface area contributed by atoms with Crippen molar-refractivity contribution in [3.05, 3.63) is 36.0 Å². The Kier molecular flexibility index (Phi) is 4.65. The van der Waals surface area contributed by atoms with Crippen LogP contribution in [0.1, 0.15) is 49.1 Å². The van der Waals surface area contributed by atoms with Crippen molar-refractivity contribution in [2.45, 2.75) is 38.6 Å². The molecular formula is C18H22N2O3. The summed E-state index contributed by atoms with van der Waals surface area (Å²) in [4.78, 5) is 12.1. The average molecular weight is 314 g/mol. The fraction of sp³-hybridized carbons (Fsp3) is 0.444. The number of esters is 1.